The second kappa shape index (κ2) is 11.2. The quantitative estimate of drug-likeness (QED) is 0.390. The summed E-state index contributed by atoms with van der Waals surface area (Å²) in [4.78, 5) is 12.5. The molecule has 29 heavy (non-hydrogen) atoms. The van der Waals surface area contributed by atoms with E-state index in [0.29, 0.717) is 11.7 Å². The van der Waals surface area contributed by atoms with Crippen molar-refractivity contribution in [3.8, 4) is 16.9 Å². The zero-order chi connectivity index (χ0) is 20.5. The standard InChI is InChI=1S/C27H36O2/c1-3-5-6-7-8-19-29-25-16-14-23(15-17-25)22-10-12-24(13-11-22)26-18-9-21(4-2)20-27(26)28/h10-17,21,26H,3-9,18-20H2,1-2H3/t21-,26+/m0/s1. The zero-order valence-corrected chi connectivity index (χ0v) is 18.2. The normalized spacial score (nSPS) is 19.3. The van der Waals surface area contributed by atoms with Gasteiger partial charge in [0.15, 0.2) is 0 Å². The molecule has 1 aliphatic carbocycles. The summed E-state index contributed by atoms with van der Waals surface area (Å²) in [5.41, 5.74) is 3.55. The van der Waals surface area contributed by atoms with Gasteiger partial charge in [-0.2, -0.15) is 0 Å². The molecular formula is C27H36O2. The van der Waals surface area contributed by atoms with Crippen molar-refractivity contribution in [3.63, 3.8) is 0 Å². The van der Waals surface area contributed by atoms with Gasteiger partial charge in [-0.1, -0.05) is 82.3 Å². The third-order valence-corrected chi connectivity index (χ3v) is 6.34. The molecule has 1 fully saturated rings. The third kappa shape index (κ3) is 6.19. The molecule has 2 aromatic carbocycles. The molecule has 0 spiro atoms. The van der Waals surface area contributed by atoms with Gasteiger partial charge in [0, 0.05) is 12.3 Å². The predicted octanol–water partition coefficient (Wildman–Crippen LogP) is 7.57. The Labute approximate surface area is 176 Å². The van der Waals surface area contributed by atoms with Crippen LogP contribution < -0.4 is 4.74 Å². The molecule has 0 saturated heterocycles. The lowest BCUT2D eigenvalue weighted by atomic mass is 9.77. The molecule has 2 nitrogen and oxygen atoms in total. The molecule has 3 rings (SSSR count). The first-order valence-corrected chi connectivity index (χ1v) is 11.6. The summed E-state index contributed by atoms with van der Waals surface area (Å²) in [6.07, 6.45) is 10.3. The lowest BCUT2D eigenvalue weighted by Gasteiger charge is -2.27. The monoisotopic (exact) mass is 392 g/mol. The van der Waals surface area contributed by atoms with Crippen LogP contribution in [0.15, 0.2) is 48.5 Å². The Kier molecular flexibility index (Phi) is 8.34. The minimum atomic E-state index is 0.0972. The SMILES string of the molecule is CCCCCCCOc1ccc(-c2ccc([C@H]3CC[C@H](CC)CC3=O)cc2)cc1. The smallest absolute Gasteiger partial charge is 0.140 e. The van der Waals surface area contributed by atoms with E-state index in [9.17, 15) is 4.79 Å². The Hall–Kier alpha value is -2.09. The van der Waals surface area contributed by atoms with E-state index in [4.69, 9.17) is 4.74 Å². The minimum absolute atomic E-state index is 0.0972. The van der Waals surface area contributed by atoms with Crippen LogP contribution in [-0.4, -0.2) is 12.4 Å². The summed E-state index contributed by atoms with van der Waals surface area (Å²) in [7, 11) is 0. The van der Waals surface area contributed by atoms with Crippen LogP contribution in [0.3, 0.4) is 0 Å². The molecule has 156 valence electrons. The van der Waals surface area contributed by atoms with Gasteiger partial charge in [-0.15, -0.1) is 0 Å². The maximum atomic E-state index is 12.5. The first-order valence-electron chi connectivity index (χ1n) is 11.6. The molecule has 0 amide bonds. The molecule has 2 heteroatoms. The molecule has 0 aromatic heterocycles. The van der Waals surface area contributed by atoms with Crippen LogP contribution in [0.25, 0.3) is 11.1 Å². The van der Waals surface area contributed by atoms with Gasteiger partial charge in [-0.25, -0.2) is 0 Å². The maximum Gasteiger partial charge on any atom is 0.140 e. The van der Waals surface area contributed by atoms with Crippen molar-refractivity contribution >= 4 is 5.78 Å². The average Bonchev–Trinajstić information content (AvgIpc) is 2.77. The molecule has 0 bridgehead atoms. The molecule has 0 heterocycles. The molecule has 1 saturated carbocycles. The van der Waals surface area contributed by atoms with E-state index in [2.05, 4.69) is 62.4 Å². The number of benzene rings is 2. The summed E-state index contributed by atoms with van der Waals surface area (Å²) >= 11 is 0. The van der Waals surface area contributed by atoms with E-state index < -0.39 is 0 Å². The maximum absolute atomic E-state index is 12.5. The van der Waals surface area contributed by atoms with Crippen LogP contribution in [0.5, 0.6) is 5.75 Å². The van der Waals surface area contributed by atoms with E-state index in [1.807, 2.05) is 0 Å². The van der Waals surface area contributed by atoms with Crippen LogP contribution in [-0.2, 0) is 4.79 Å². The van der Waals surface area contributed by atoms with E-state index in [1.54, 1.807) is 0 Å². The number of Topliss-reactive ketones (excluding diaryl/α,β-unsaturated/α-hetero) is 1. The van der Waals surface area contributed by atoms with Crippen molar-refractivity contribution in [1.82, 2.24) is 0 Å². The Bertz CT molecular complexity index is 745. The summed E-state index contributed by atoms with van der Waals surface area (Å²) in [5, 5.41) is 0. The molecule has 2 aromatic rings. The van der Waals surface area contributed by atoms with Gasteiger partial charge >= 0.3 is 0 Å². The number of carbonyl (C=O) groups is 1. The number of hydrogen-bond donors (Lipinski definition) is 0. The summed E-state index contributed by atoms with van der Waals surface area (Å²) < 4.78 is 5.87. The number of ether oxygens (including phenoxy) is 1. The van der Waals surface area contributed by atoms with Crippen molar-refractivity contribution in [1.29, 1.82) is 0 Å². The van der Waals surface area contributed by atoms with Crippen molar-refractivity contribution < 1.29 is 9.53 Å². The van der Waals surface area contributed by atoms with Gasteiger partial charge < -0.3 is 4.74 Å². The van der Waals surface area contributed by atoms with Crippen molar-refractivity contribution in [2.24, 2.45) is 5.92 Å². The Morgan fingerprint density at radius 2 is 1.48 bits per heavy atom. The molecule has 2 atom stereocenters. The number of hydrogen-bond acceptors (Lipinski definition) is 2. The Morgan fingerprint density at radius 3 is 2.10 bits per heavy atom. The predicted molar refractivity (Wildman–Crippen MR) is 122 cm³/mol. The lowest BCUT2D eigenvalue weighted by Crippen LogP contribution is -2.23. The Morgan fingerprint density at radius 1 is 0.828 bits per heavy atom. The highest BCUT2D eigenvalue weighted by Gasteiger charge is 2.28. The van der Waals surface area contributed by atoms with Crippen LogP contribution >= 0.6 is 0 Å². The van der Waals surface area contributed by atoms with Gasteiger partial charge in [0.2, 0.25) is 0 Å². The fraction of sp³-hybridized carbons (Fsp3) is 0.519. The van der Waals surface area contributed by atoms with Gasteiger partial charge in [-0.05, 0) is 54.0 Å². The van der Waals surface area contributed by atoms with E-state index in [1.165, 1.54) is 48.8 Å². The fourth-order valence-corrected chi connectivity index (χ4v) is 4.34. The summed E-state index contributed by atoms with van der Waals surface area (Å²) in [6.45, 7) is 5.23. The second-order valence-corrected chi connectivity index (χ2v) is 8.48. The molecule has 0 radical (unpaired) electrons. The van der Waals surface area contributed by atoms with Crippen LogP contribution in [0.2, 0.25) is 0 Å². The fourth-order valence-electron chi connectivity index (χ4n) is 4.34. The van der Waals surface area contributed by atoms with Crippen molar-refractivity contribution in [2.45, 2.75) is 77.6 Å². The average molecular weight is 393 g/mol. The van der Waals surface area contributed by atoms with Gasteiger partial charge in [0.25, 0.3) is 0 Å². The molecule has 1 aliphatic rings. The number of unbranched alkanes of at least 4 members (excludes halogenated alkanes) is 4. The first-order chi connectivity index (χ1) is 14.2. The highest BCUT2D eigenvalue weighted by molar-refractivity contribution is 5.86. The van der Waals surface area contributed by atoms with Crippen LogP contribution in [0, 0.1) is 5.92 Å². The zero-order valence-electron chi connectivity index (χ0n) is 18.2. The number of rotatable bonds is 10. The second-order valence-electron chi connectivity index (χ2n) is 8.48. The van der Waals surface area contributed by atoms with Crippen LogP contribution in [0.1, 0.15) is 83.1 Å². The largest absolute Gasteiger partial charge is 0.494 e. The molecule has 0 aliphatic heterocycles. The highest BCUT2D eigenvalue weighted by atomic mass is 16.5. The summed E-state index contributed by atoms with van der Waals surface area (Å²) in [6, 6.07) is 17.0. The van der Waals surface area contributed by atoms with Gasteiger partial charge in [0.05, 0.1) is 6.61 Å². The third-order valence-electron chi connectivity index (χ3n) is 6.34. The lowest BCUT2D eigenvalue weighted by molar-refractivity contribution is -0.123. The minimum Gasteiger partial charge on any atom is -0.494 e. The first kappa shape index (κ1) is 21.6. The number of carbonyl (C=O) groups excluding carboxylic acids is 1. The molecule has 0 N–H and O–H groups in total. The van der Waals surface area contributed by atoms with E-state index in [0.717, 1.165) is 38.0 Å². The Balaban J connectivity index is 1.53. The van der Waals surface area contributed by atoms with Crippen LogP contribution in [0.4, 0.5) is 0 Å². The highest BCUT2D eigenvalue weighted by Crippen LogP contribution is 2.35. The molecular weight excluding hydrogens is 356 g/mol. The van der Waals surface area contributed by atoms with Gasteiger partial charge in [0.1, 0.15) is 11.5 Å². The number of ketones is 1. The topological polar surface area (TPSA) is 26.3 Å². The van der Waals surface area contributed by atoms with Crippen molar-refractivity contribution in [3.05, 3.63) is 54.1 Å². The molecule has 0 unspecified atom stereocenters. The van der Waals surface area contributed by atoms with E-state index in [-0.39, 0.29) is 5.92 Å². The summed E-state index contributed by atoms with van der Waals surface area (Å²) in [5.74, 6) is 2.06. The van der Waals surface area contributed by atoms with Gasteiger partial charge in [-0.3, -0.25) is 4.79 Å². The van der Waals surface area contributed by atoms with E-state index >= 15 is 0 Å². The van der Waals surface area contributed by atoms with Crippen molar-refractivity contribution in [2.75, 3.05) is 6.61 Å².